The lowest BCUT2D eigenvalue weighted by Crippen LogP contribution is -2.48. The van der Waals surface area contributed by atoms with Crippen LogP contribution in [0.15, 0.2) is 0 Å². The van der Waals surface area contributed by atoms with Gasteiger partial charge in [0.25, 0.3) is 0 Å². The van der Waals surface area contributed by atoms with Gasteiger partial charge in [-0.2, -0.15) is 0 Å². The van der Waals surface area contributed by atoms with Crippen molar-refractivity contribution < 1.29 is 0 Å². The Hall–Kier alpha value is -0.0800. The molecule has 2 nitrogen and oxygen atoms in total. The van der Waals surface area contributed by atoms with Gasteiger partial charge in [0, 0.05) is 18.6 Å². The molecule has 1 N–H and O–H groups in total. The van der Waals surface area contributed by atoms with Crippen molar-refractivity contribution in [2.75, 3.05) is 20.1 Å². The van der Waals surface area contributed by atoms with Crippen LogP contribution in [0.1, 0.15) is 60.3 Å². The molecule has 108 valence electrons. The number of nitrogens with zero attached hydrogens (tertiary/aromatic N) is 1. The van der Waals surface area contributed by atoms with Gasteiger partial charge in [-0.3, -0.25) is 0 Å². The fourth-order valence-corrected chi connectivity index (χ4v) is 3.29. The smallest absolute Gasteiger partial charge is 0.0102 e. The molecule has 0 amide bonds. The van der Waals surface area contributed by atoms with E-state index in [2.05, 4.69) is 51.9 Å². The number of rotatable bonds is 6. The highest BCUT2D eigenvalue weighted by atomic mass is 15.1. The fourth-order valence-electron chi connectivity index (χ4n) is 3.29. The Kier molecular flexibility index (Phi) is 6.13. The van der Waals surface area contributed by atoms with Gasteiger partial charge in [0.05, 0.1) is 0 Å². The van der Waals surface area contributed by atoms with Crippen LogP contribution in [0, 0.1) is 11.3 Å². The molecule has 1 aliphatic carbocycles. The summed E-state index contributed by atoms with van der Waals surface area (Å²) in [4.78, 5) is 2.61. The number of nitrogens with one attached hydrogen (secondary N) is 1. The molecule has 0 bridgehead atoms. The maximum atomic E-state index is 3.58. The van der Waals surface area contributed by atoms with Crippen molar-refractivity contribution in [2.45, 2.75) is 72.4 Å². The van der Waals surface area contributed by atoms with Gasteiger partial charge >= 0.3 is 0 Å². The molecule has 0 aliphatic heterocycles. The summed E-state index contributed by atoms with van der Waals surface area (Å²) in [5, 5.41) is 3.58. The van der Waals surface area contributed by atoms with Crippen LogP contribution in [0.2, 0.25) is 0 Å². The Morgan fingerprint density at radius 1 is 1.33 bits per heavy atom. The standard InChI is InChI=1S/C16H34N2/c1-7-17-14(3)16(4,5)12-18(6)15-10-8-9-13(2)11-15/h13-15,17H,7-12H2,1-6H3. The molecule has 0 aromatic heterocycles. The van der Waals surface area contributed by atoms with E-state index in [0.717, 1.165) is 18.5 Å². The van der Waals surface area contributed by atoms with Gasteiger partial charge in [0.15, 0.2) is 0 Å². The maximum absolute atomic E-state index is 3.58. The summed E-state index contributed by atoms with van der Waals surface area (Å²) in [5.74, 6) is 0.917. The van der Waals surface area contributed by atoms with Gasteiger partial charge in [-0.05, 0) is 44.7 Å². The third kappa shape index (κ3) is 4.55. The Morgan fingerprint density at radius 3 is 2.56 bits per heavy atom. The van der Waals surface area contributed by atoms with Gasteiger partial charge in [-0.1, -0.05) is 40.5 Å². The van der Waals surface area contributed by atoms with Crippen LogP contribution in [-0.4, -0.2) is 37.1 Å². The van der Waals surface area contributed by atoms with Gasteiger partial charge in [0.1, 0.15) is 0 Å². The first-order valence-electron chi connectivity index (χ1n) is 7.80. The van der Waals surface area contributed by atoms with Gasteiger partial charge in [0.2, 0.25) is 0 Å². The lowest BCUT2D eigenvalue weighted by atomic mass is 9.82. The summed E-state index contributed by atoms with van der Waals surface area (Å²) in [7, 11) is 2.32. The predicted octanol–water partition coefficient (Wildman–Crippen LogP) is 3.52. The highest BCUT2D eigenvalue weighted by Crippen LogP contribution is 2.29. The minimum atomic E-state index is 0.339. The molecule has 0 saturated heterocycles. The van der Waals surface area contributed by atoms with E-state index >= 15 is 0 Å². The van der Waals surface area contributed by atoms with Crippen LogP contribution >= 0.6 is 0 Å². The van der Waals surface area contributed by atoms with Crippen molar-refractivity contribution in [3.63, 3.8) is 0 Å². The molecular weight excluding hydrogens is 220 g/mol. The van der Waals surface area contributed by atoms with E-state index in [1.807, 2.05) is 0 Å². The molecule has 3 atom stereocenters. The predicted molar refractivity (Wildman–Crippen MR) is 81.0 cm³/mol. The monoisotopic (exact) mass is 254 g/mol. The average Bonchev–Trinajstić information content (AvgIpc) is 2.28. The zero-order chi connectivity index (χ0) is 13.8. The van der Waals surface area contributed by atoms with Gasteiger partial charge in [-0.15, -0.1) is 0 Å². The second-order valence-corrected chi connectivity index (χ2v) is 7.11. The van der Waals surface area contributed by atoms with E-state index in [1.54, 1.807) is 0 Å². The van der Waals surface area contributed by atoms with Gasteiger partial charge in [-0.25, -0.2) is 0 Å². The molecule has 1 fully saturated rings. The Morgan fingerprint density at radius 2 is 2.00 bits per heavy atom. The first-order chi connectivity index (χ1) is 8.36. The largest absolute Gasteiger partial charge is 0.314 e. The van der Waals surface area contributed by atoms with E-state index in [1.165, 1.54) is 32.2 Å². The lowest BCUT2D eigenvalue weighted by Gasteiger charge is -2.41. The molecule has 2 heteroatoms. The molecular formula is C16H34N2. The van der Waals surface area contributed by atoms with Crippen molar-refractivity contribution in [1.82, 2.24) is 10.2 Å². The SMILES string of the molecule is CCNC(C)C(C)(C)CN(C)C1CCCC(C)C1. The summed E-state index contributed by atoms with van der Waals surface area (Å²) >= 11 is 0. The van der Waals surface area contributed by atoms with E-state index < -0.39 is 0 Å². The van der Waals surface area contributed by atoms with Crippen LogP contribution in [0.4, 0.5) is 0 Å². The molecule has 18 heavy (non-hydrogen) atoms. The summed E-state index contributed by atoms with van der Waals surface area (Å²) in [6.45, 7) is 14.0. The molecule has 0 heterocycles. The fraction of sp³-hybridized carbons (Fsp3) is 1.00. The molecule has 0 spiro atoms. The highest BCUT2D eigenvalue weighted by Gasteiger charge is 2.30. The average molecular weight is 254 g/mol. The Balaban J connectivity index is 2.49. The van der Waals surface area contributed by atoms with Crippen LogP contribution in [-0.2, 0) is 0 Å². The van der Waals surface area contributed by atoms with E-state index in [-0.39, 0.29) is 0 Å². The third-order valence-electron chi connectivity index (χ3n) is 4.87. The Bertz CT molecular complexity index is 237. The highest BCUT2D eigenvalue weighted by molar-refractivity contribution is 4.86. The molecule has 0 aromatic carbocycles. The van der Waals surface area contributed by atoms with Crippen LogP contribution in [0.5, 0.6) is 0 Å². The van der Waals surface area contributed by atoms with Gasteiger partial charge < -0.3 is 10.2 Å². The van der Waals surface area contributed by atoms with Crippen LogP contribution in [0.3, 0.4) is 0 Å². The summed E-state index contributed by atoms with van der Waals surface area (Å²) in [5.41, 5.74) is 0.339. The zero-order valence-electron chi connectivity index (χ0n) is 13.4. The Labute approximate surface area is 115 Å². The number of hydrogen-bond donors (Lipinski definition) is 1. The summed E-state index contributed by atoms with van der Waals surface area (Å²) in [6, 6.07) is 1.38. The summed E-state index contributed by atoms with van der Waals surface area (Å²) in [6.07, 6.45) is 5.63. The first kappa shape index (κ1) is 16.0. The second-order valence-electron chi connectivity index (χ2n) is 7.11. The molecule has 0 radical (unpaired) electrons. The summed E-state index contributed by atoms with van der Waals surface area (Å²) < 4.78 is 0. The zero-order valence-corrected chi connectivity index (χ0v) is 13.4. The van der Waals surface area contributed by atoms with Crippen molar-refractivity contribution in [3.05, 3.63) is 0 Å². The first-order valence-corrected chi connectivity index (χ1v) is 7.80. The van der Waals surface area contributed by atoms with Crippen molar-refractivity contribution in [1.29, 1.82) is 0 Å². The van der Waals surface area contributed by atoms with Crippen molar-refractivity contribution in [2.24, 2.45) is 11.3 Å². The second kappa shape index (κ2) is 6.91. The minimum absolute atomic E-state index is 0.339. The van der Waals surface area contributed by atoms with Crippen LogP contribution < -0.4 is 5.32 Å². The van der Waals surface area contributed by atoms with Crippen LogP contribution in [0.25, 0.3) is 0 Å². The quantitative estimate of drug-likeness (QED) is 0.780. The normalized spacial score (nSPS) is 27.5. The molecule has 1 rings (SSSR count). The maximum Gasteiger partial charge on any atom is 0.0102 e. The molecule has 1 saturated carbocycles. The number of hydrogen-bond acceptors (Lipinski definition) is 2. The van der Waals surface area contributed by atoms with E-state index in [9.17, 15) is 0 Å². The minimum Gasteiger partial charge on any atom is -0.314 e. The van der Waals surface area contributed by atoms with Crippen molar-refractivity contribution in [3.8, 4) is 0 Å². The molecule has 3 unspecified atom stereocenters. The van der Waals surface area contributed by atoms with E-state index in [4.69, 9.17) is 0 Å². The molecule has 0 aromatic rings. The molecule has 1 aliphatic rings. The topological polar surface area (TPSA) is 15.3 Å². The third-order valence-corrected chi connectivity index (χ3v) is 4.87. The van der Waals surface area contributed by atoms with Crippen molar-refractivity contribution >= 4 is 0 Å². The van der Waals surface area contributed by atoms with E-state index in [0.29, 0.717) is 11.5 Å². The lowest BCUT2D eigenvalue weighted by molar-refractivity contribution is 0.0982.